The Labute approximate surface area is 94.2 Å². The van der Waals surface area contributed by atoms with Gasteiger partial charge in [-0.05, 0) is 24.7 Å². The second-order valence-corrected chi connectivity index (χ2v) is 5.67. The molecule has 2 heteroatoms. The van der Waals surface area contributed by atoms with Crippen LogP contribution in [-0.2, 0) is 0 Å². The minimum Gasteiger partial charge on any atom is -0.311 e. The molecule has 88 valence electrons. The first-order valence-electron chi connectivity index (χ1n) is 6.74. The topological polar surface area (TPSA) is 24.1 Å². The van der Waals surface area contributed by atoms with Crippen molar-refractivity contribution >= 4 is 0 Å². The van der Waals surface area contributed by atoms with E-state index in [0.29, 0.717) is 6.04 Å². The van der Waals surface area contributed by atoms with Crippen LogP contribution in [0.4, 0.5) is 0 Å². The number of piperazine rings is 1. The van der Waals surface area contributed by atoms with Gasteiger partial charge in [-0.2, -0.15) is 0 Å². The Balaban J connectivity index is 1.77. The summed E-state index contributed by atoms with van der Waals surface area (Å²) in [5.74, 6) is 1.70. The van der Waals surface area contributed by atoms with Crippen molar-refractivity contribution in [1.82, 2.24) is 10.6 Å². The average molecular weight is 210 g/mol. The van der Waals surface area contributed by atoms with Crippen LogP contribution in [0, 0.1) is 11.8 Å². The maximum absolute atomic E-state index is 3.76. The first-order chi connectivity index (χ1) is 7.27. The Morgan fingerprint density at radius 3 is 2.20 bits per heavy atom. The van der Waals surface area contributed by atoms with Crippen LogP contribution in [0.15, 0.2) is 0 Å². The summed E-state index contributed by atoms with van der Waals surface area (Å²) < 4.78 is 0. The summed E-state index contributed by atoms with van der Waals surface area (Å²) in [4.78, 5) is 0. The van der Waals surface area contributed by atoms with E-state index < -0.39 is 0 Å². The lowest BCUT2D eigenvalue weighted by molar-refractivity contribution is 0.207. The molecule has 0 radical (unpaired) electrons. The zero-order valence-corrected chi connectivity index (χ0v) is 10.3. The lowest BCUT2D eigenvalue weighted by Crippen LogP contribution is -2.58. The molecule has 1 aliphatic carbocycles. The van der Waals surface area contributed by atoms with Crippen molar-refractivity contribution in [2.75, 3.05) is 13.1 Å². The Morgan fingerprint density at radius 1 is 0.933 bits per heavy atom. The van der Waals surface area contributed by atoms with Crippen LogP contribution < -0.4 is 10.6 Å². The van der Waals surface area contributed by atoms with Crippen molar-refractivity contribution < 1.29 is 0 Å². The molecule has 0 aromatic heterocycles. The van der Waals surface area contributed by atoms with Gasteiger partial charge in [0.1, 0.15) is 0 Å². The van der Waals surface area contributed by atoms with Crippen LogP contribution in [-0.4, -0.2) is 25.2 Å². The van der Waals surface area contributed by atoms with Gasteiger partial charge in [-0.15, -0.1) is 0 Å². The SMILES string of the molecule is CC(C)C1CNC(C2CCCCC2)CN1. The Morgan fingerprint density at radius 2 is 1.67 bits per heavy atom. The van der Waals surface area contributed by atoms with Crippen LogP contribution in [0.25, 0.3) is 0 Å². The molecule has 0 aromatic carbocycles. The lowest BCUT2D eigenvalue weighted by Gasteiger charge is -2.38. The van der Waals surface area contributed by atoms with Gasteiger partial charge in [0.2, 0.25) is 0 Å². The molecule has 2 unspecified atom stereocenters. The van der Waals surface area contributed by atoms with Gasteiger partial charge in [0.25, 0.3) is 0 Å². The predicted molar refractivity (Wildman–Crippen MR) is 65.0 cm³/mol. The third-order valence-electron chi connectivity index (χ3n) is 4.22. The van der Waals surface area contributed by atoms with Gasteiger partial charge in [0.05, 0.1) is 0 Å². The van der Waals surface area contributed by atoms with E-state index in [1.54, 1.807) is 0 Å². The van der Waals surface area contributed by atoms with Gasteiger partial charge < -0.3 is 10.6 Å². The maximum atomic E-state index is 3.76. The maximum Gasteiger partial charge on any atom is 0.0221 e. The molecule has 1 saturated heterocycles. The standard InChI is InChI=1S/C13H26N2/c1-10(2)12-8-15-13(9-14-12)11-6-4-3-5-7-11/h10-15H,3-9H2,1-2H3. The summed E-state index contributed by atoms with van der Waals surface area (Å²) >= 11 is 0. The van der Waals surface area contributed by atoms with Gasteiger partial charge in [-0.25, -0.2) is 0 Å². The molecule has 1 heterocycles. The fourth-order valence-corrected chi connectivity index (χ4v) is 3.04. The van der Waals surface area contributed by atoms with Crippen LogP contribution in [0.3, 0.4) is 0 Å². The third kappa shape index (κ3) is 2.94. The van der Waals surface area contributed by atoms with Crippen molar-refractivity contribution in [3.8, 4) is 0 Å². The van der Waals surface area contributed by atoms with Crippen molar-refractivity contribution in [1.29, 1.82) is 0 Å². The largest absolute Gasteiger partial charge is 0.311 e. The van der Waals surface area contributed by atoms with Gasteiger partial charge in [0.15, 0.2) is 0 Å². The molecule has 2 atom stereocenters. The van der Waals surface area contributed by atoms with E-state index >= 15 is 0 Å². The number of hydrogen-bond donors (Lipinski definition) is 2. The first kappa shape index (κ1) is 11.4. The zero-order chi connectivity index (χ0) is 10.7. The average Bonchev–Trinajstić information content (AvgIpc) is 2.30. The van der Waals surface area contributed by atoms with Crippen LogP contribution in [0.1, 0.15) is 46.0 Å². The monoisotopic (exact) mass is 210 g/mol. The van der Waals surface area contributed by atoms with Crippen LogP contribution in [0.2, 0.25) is 0 Å². The van der Waals surface area contributed by atoms with Gasteiger partial charge in [-0.1, -0.05) is 33.1 Å². The minimum absolute atomic E-state index is 0.685. The molecule has 1 saturated carbocycles. The molecule has 2 rings (SSSR count). The van der Waals surface area contributed by atoms with E-state index in [1.807, 2.05) is 0 Å². The smallest absolute Gasteiger partial charge is 0.0221 e. The molecule has 0 aromatic rings. The number of hydrogen-bond acceptors (Lipinski definition) is 2. The fourth-order valence-electron chi connectivity index (χ4n) is 3.04. The summed E-state index contributed by atoms with van der Waals surface area (Å²) in [6.07, 6.45) is 7.27. The van der Waals surface area contributed by atoms with Crippen molar-refractivity contribution in [3.05, 3.63) is 0 Å². The van der Waals surface area contributed by atoms with E-state index in [9.17, 15) is 0 Å². The summed E-state index contributed by atoms with van der Waals surface area (Å²) in [5, 5.41) is 7.46. The molecule has 2 aliphatic rings. The zero-order valence-electron chi connectivity index (χ0n) is 10.3. The Kier molecular flexibility index (Phi) is 4.04. The highest BCUT2D eigenvalue weighted by atomic mass is 15.1. The van der Waals surface area contributed by atoms with Crippen LogP contribution in [0.5, 0.6) is 0 Å². The molecule has 2 fully saturated rings. The quantitative estimate of drug-likeness (QED) is 0.730. The molecular weight excluding hydrogens is 184 g/mol. The summed E-state index contributed by atoms with van der Waals surface area (Å²) in [5.41, 5.74) is 0. The highest BCUT2D eigenvalue weighted by Crippen LogP contribution is 2.27. The van der Waals surface area contributed by atoms with Crippen molar-refractivity contribution in [2.24, 2.45) is 11.8 Å². The summed E-state index contributed by atoms with van der Waals surface area (Å²) in [6.45, 7) is 6.97. The van der Waals surface area contributed by atoms with Gasteiger partial charge in [0, 0.05) is 25.2 Å². The normalized spacial score (nSPS) is 34.6. The lowest BCUT2D eigenvalue weighted by atomic mass is 9.82. The predicted octanol–water partition coefficient (Wildman–Crippen LogP) is 2.15. The molecule has 0 amide bonds. The molecule has 0 bridgehead atoms. The Bertz CT molecular complexity index is 177. The Hall–Kier alpha value is -0.0800. The number of rotatable bonds is 2. The summed E-state index contributed by atoms with van der Waals surface area (Å²) in [6, 6.07) is 1.44. The highest BCUT2D eigenvalue weighted by molar-refractivity contribution is 4.89. The fraction of sp³-hybridized carbons (Fsp3) is 1.00. The summed E-state index contributed by atoms with van der Waals surface area (Å²) in [7, 11) is 0. The van der Waals surface area contributed by atoms with E-state index in [0.717, 1.165) is 17.9 Å². The van der Waals surface area contributed by atoms with Crippen molar-refractivity contribution in [3.63, 3.8) is 0 Å². The molecule has 2 N–H and O–H groups in total. The van der Waals surface area contributed by atoms with Crippen molar-refractivity contribution in [2.45, 2.75) is 58.0 Å². The van der Waals surface area contributed by atoms with Crippen LogP contribution >= 0.6 is 0 Å². The molecule has 0 spiro atoms. The second-order valence-electron chi connectivity index (χ2n) is 5.67. The van der Waals surface area contributed by atoms with E-state index in [2.05, 4.69) is 24.5 Å². The number of nitrogens with one attached hydrogen (secondary N) is 2. The van der Waals surface area contributed by atoms with Gasteiger partial charge in [-0.3, -0.25) is 0 Å². The molecule has 1 aliphatic heterocycles. The van der Waals surface area contributed by atoms with E-state index in [4.69, 9.17) is 0 Å². The molecule has 2 nitrogen and oxygen atoms in total. The first-order valence-corrected chi connectivity index (χ1v) is 6.74. The minimum atomic E-state index is 0.685. The molecule has 15 heavy (non-hydrogen) atoms. The van der Waals surface area contributed by atoms with E-state index in [-0.39, 0.29) is 0 Å². The molecular formula is C13H26N2. The third-order valence-corrected chi connectivity index (χ3v) is 4.22. The van der Waals surface area contributed by atoms with Gasteiger partial charge >= 0.3 is 0 Å². The van der Waals surface area contributed by atoms with E-state index in [1.165, 1.54) is 45.2 Å². The highest BCUT2D eigenvalue weighted by Gasteiger charge is 2.28. The second kappa shape index (κ2) is 5.31.